The van der Waals surface area contributed by atoms with Gasteiger partial charge in [-0.05, 0) is 29.3 Å². The topological polar surface area (TPSA) is 41.6 Å². The zero-order chi connectivity index (χ0) is 11.9. The summed E-state index contributed by atoms with van der Waals surface area (Å²) in [5.41, 5.74) is 5.78. The lowest BCUT2D eigenvalue weighted by Gasteiger charge is -2.08. The van der Waals surface area contributed by atoms with E-state index in [1.54, 1.807) is 0 Å². The molecule has 0 saturated heterocycles. The zero-order valence-corrected chi connectivity index (χ0v) is 9.72. The highest BCUT2D eigenvalue weighted by Gasteiger charge is 2.14. The smallest absolute Gasteiger partial charge is 0.137 e. The first-order valence-corrected chi connectivity index (χ1v) is 6.00. The number of fused-ring (bicyclic) bond motifs is 2. The van der Waals surface area contributed by atoms with Crippen LogP contribution in [0.5, 0.6) is 0 Å². The second-order valence-corrected chi connectivity index (χ2v) is 4.42. The summed E-state index contributed by atoms with van der Waals surface area (Å²) in [5.74, 6) is 0. The molecule has 18 heavy (non-hydrogen) atoms. The van der Waals surface area contributed by atoms with Gasteiger partial charge >= 0.3 is 0 Å². The SMILES string of the molecule is C1=Cc2c(-c3ccnc4[nH]ccc34)ccnc2C1. The van der Waals surface area contributed by atoms with Crippen LogP contribution in [-0.2, 0) is 6.42 Å². The lowest BCUT2D eigenvalue weighted by atomic mass is 9.99. The Morgan fingerprint density at radius 1 is 1.00 bits per heavy atom. The van der Waals surface area contributed by atoms with E-state index in [2.05, 4.69) is 45.3 Å². The first-order chi connectivity index (χ1) is 8.93. The number of allylic oxidation sites excluding steroid dienone is 1. The molecule has 0 fully saturated rings. The van der Waals surface area contributed by atoms with Crippen molar-refractivity contribution in [2.45, 2.75) is 6.42 Å². The Balaban J connectivity index is 2.06. The van der Waals surface area contributed by atoms with Crippen LogP contribution in [0.25, 0.3) is 28.2 Å². The Hall–Kier alpha value is -2.42. The Morgan fingerprint density at radius 2 is 1.89 bits per heavy atom. The molecule has 0 amide bonds. The Kier molecular flexibility index (Phi) is 1.88. The standard InChI is InChI=1S/C15H11N3/c1-2-12-10(4-7-16-14(12)3-1)11-5-8-17-15-13(11)6-9-18-15/h1-2,4-9H,3H2,(H,17,18). The summed E-state index contributed by atoms with van der Waals surface area (Å²) < 4.78 is 0. The lowest BCUT2D eigenvalue weighted by Crippen LogP contribution is -1.91. The van der Waals surface area contributed by atoms with Crippen molar-refractivity contribution < 1.29 is 0 Å². The van der Waals surface area contributed by atoms with E-state index >= 15 is 0 Å². The van der Waals surface area contributed by atoms with Crippen LogP contribution >= 0.6 is 0 Å². The summed E-state index contributed by atoms with van der Waals surface area (Å²) in [5, 5.41) is 1.16. The predicted octanol–water partition coefficient (Wildman–Crippen LogP) is 3.19. The molecule has 3 heterocycles. The van der Waals surface area contributed by atoms with Crippen LogP contribution < -0.4 is 0 Å². The van der Waals surface area contributed by atoms with Crippen molar-refractivity contribution in [3.63, 3.8) is 0 Å². The fourth-order valence-electron chi connectivity index (χ4n) is 2.58. The van der Waals surface area contributed by atoms with Crippen LogP contribution in [0.15, 0.2) is 42.9 Å². The molecule has 3 aromatic rings. The van der Waals surface area contributed by atoms with Crippen LogP contribution in [0.1, 0.15) is 11.3 Å². The maximum atomic E-state index is 4.43. The summed E-state index contributed by atoms with van der Waals surface area (Å²) in [6, 6.07) is 6.22. The molecule has 0 atom stereocenters. The summed E-state index contributed by atoms with van der Waals surface area (Å²) >= 11 is 0. The van der Waals surface area contributed by atoms with Crippen molar-refractivity contribution in [3.05, 3.63) is 54.1 Å². The van der Waals surface area contributed by atoms with Gasteiger partial charge < -0.3 is 4.98 Å². The van der Waals surface area contributed by atoms with Crippen molar-refractivity contribution in [2.75, 3.05) is 0 Å². The van der Waals surface area contributed by atoms with Crippen LogP contribution in [0.2, 0.25) is 0 Å². The number of hydrogen-bond donors (Lipinski definition) is 1. The third kappa shape index (κ3) is 1.24. The third-order valence-electron chi connectivity index (χ3n) is 3.42. The van der Waals surface area contributed by atoms with Crippen molar-refractivity contribution in [1.82, 2.24) is 15.0 Å². The van der Waals surface area contributed by atoms with Crippen LogP contribution in [0.3, 0.4) is 0 Å². The number of rotatable bonds is 1. The zero-order valence-electron chi connectivity index (χ0n) is 9.72. The molecular weight excluding hydrogens is 222 g/mol. The van der Waals surface area contributed by atoms with Gasteiger partial charge in [-0.25, -0.2) is 4.98 Å². The number of aromatic nitrogens is 3. The normalized spacial score (nSPS) is 13.1. The molecule has 0 aromatic carbocycles. The first-order valence-electron chi connectivity index (χ1n) is 6.00. The number of aromatic amines is 1. The Bertz CT molecular complexity index is 768. The van der Waals surface area contributed by atoms with E-state index < -0.39 is 0 Å². The van der Waals surface area contributed by atoms with Gasteiger partial charge in [-0.2, -0.15) is 0 Å². The van der Waals surface area contributed by atoms with Gasteiger partial charge in [0, 0.05) is 36.0 Å². The molecular formula is C15H11N3. The van der Waals surface area contributed by atoms with Gasteiger partial charge in [0.2, 0.25) is 0 Å². The highest BCUT2D eigenvalue weighted by atomic mass is 14.8. The average molecular weight is 233 g/mol. The second-order valence-electron chi connectivity index (χ2n) is 4.42. The summed E-state index contributed by atoms with van der Waals surface area (Å²) in [6.07, 6.45) is 10.9. The number of H-pyrrole nitrogens is 1. The molecule has 3 nitrogen and oxygen atoms in total. The van der Waals surface area contributed by atoms with Crippen molar-refractivity contribution >= 4 is 17.1 Å². The molecule has 1 N–H and O–H groups in total. The molecule has 0 radical (unpaired) electrons. The number of nitrogens with one attached hydrogen (secondary N) is 1. The molecule has 0 unspecified atom stereocenters. The fraction of sp³-hybridized carbons (Fsp3) is 0.0667. The monoisotopic (exact) mass is 233 g/mol. The van der Waals surface area contributed by atoms with Gasteiger partial charge in [0.25, 0.3) is 0 Å². The highest BCUT2D eigenvalue weighted by molar-refractivity contribution is 5.95. The van der Waals surface area contributed by atoms with Gasteiger partial charge in [-0.15, -0.1) is 0 Å². The van der Waals surface area contributed by atoms with Crippen LogP contribution in [0, 0.1) is 0 Å². The quantitative estimate of drug-likeness (QED) is 0.701. The number of hydrogen-bond acceptors (Lipinski definition) is 2. The minimum atomic E-state index is 0.931. The van der Waals surface area contributed by atoms with Gasteiger partial charge in [0.05, 0.1) is 5.69 Å². The molecule has 3 heteroatoms. The molecule has 0 spiro atoms. The maximum Gasteiger partial charge on any atom is 0.137 e. The molecule has 1 aliphatic carbocycles. The summed E-state index contributed by atoms with van der Waals surface area (Å²) in [6.45, 7) is 0. The van der Waals surface area contributed by atoms with Gasteiger partial charge in [-0.3, -0.25) is 4.98 Å². The molecule has 0 saturated carbocycles. The van der Waals surface area contributed by atoms with Gasteiger partial charge in [0.15, 0.2) is 0 Å². The van der Waals surface area contributed by atoms with E-state index in [-0.39, 0.29) is 0 Å². The second kappa shape index (κ2) is 3.53. The Labute approximate surface area is 104 Å². The summed E-state index contributed by atoms with van der Waals surface area (Å²) in [4.78, 5) is 11.9. The van der Waals surface area contributed by atoms with Crippen LogP contribution in [0.4, 0.5) is 0 Å². The van der Waals surface area contributed by atoms with E-state index in [0.29, 0.717) is 0 Å². The molecule has 3 aromatic heterocycles. The minimum Gasteiger partial charge on any atom is -0.346 e. The predicted molar refractivity (Wildman–Crippen MR) is 72.1 cm³/mol. The van der Waals surface area contributed by atoms with Gasteiger partial charge in [-0.1, -0.05) is 12.2 Å². The maximum absolute atomic E-state index is 4.43. The van der Waals surface area contributed by atoms with Crippen molar-refractivity contribution in [2.24, 2.45) is 0 Å². The Morgan fingerprint density at radius 3 is 2.89 bits per heavy atom. The van der Waals surface area contributed by atoms with E-state index in [1.807, 2.05) is 18.6 Å². The average Bonchev–Trinajstić information content (AvgIpc) is 3.06. The molecule has 4 rings (SSSR count). The third-order valence-corrected chi connectivity index (χ3v) is 3.42. The highest BCUT2D eigenvalue weighted by Crippen LogP contribution is 2.33. The summed E-state index contributed by atoms with van der Waals surface area (Å²) in [7, 11) is 0. The number of pyridine rings is 2. The van der Waals surface area contributed by atoms with Crippen molar-refractivity contribution in [1.29, 1.82) is 0 Å². The largest absolute Gasteiger partial charge is 0.346 e. The van der Waals surface area contributed by atoms with E-state index in [1.165, 1.54) is 16.7 Å². The molecule has 0 bridgehead atoms. The van der Waals surface area contributed by atoms with Crippen molar-refractivity contribution in [3.8, 4) is 11.1 Å². The molecule has 1 aliphatic rings. The lowest BCUT2D eigenvalue weighted by molar-refractivity contribution is 1.13. The van der Waals surface area contributed by atoms with Crippen LogP contribution in [-0.4, -0.2) is 15.0 Å². The first kappa shape index (κ1) is 9.59. The molecule has 0 aliphatic heterocycles. The van der Waals surface area contributed by atoms with E-state index in [0.717, 1.165) is 23.1 Å². The number of nitrogens with zero attached hydrogens (tertiary/aromatic N) is 2. The minimum absolute atomic E-state index is 0.931. The fourth-order valence-corrected chi connectivity index (χ4v) is 2.58. The molecule has 86 valence electrons. The van der Waals surface area contributed by atoms with E-state index in [4.69, 9.17) is 0 Å². The van der Waals surface area contributed by atoms with Gasteiger partial charge in [0.1, 0.15) is 5.65 Å². The van der Waals surface area contributed by atoms with E-state index in [9.17, 15) is 0 Å².